The molecule has 2 nitrogen and oxygen atoms in total. The summed E-state index contributed by atoms with van der Waals surface area (Å²) < 4.78 is 0. The molecule has 2 aromatic carbocycles. The van der Waals surface area contributed by atoms with Gasteiger partial charge in [-0.2, -0.15) is 0 Å². The van der Waals surface area contributed by atoms with Crippen LogP contribution in [0.3, 0.4) is 0 Å². The average molecular weight is 296 g/mol. The Kier molecular flexibility index (Phi) is 4.70. The molecule has 1 unspecified atom stereocenters. The molecule has 19 heavy (non-hydrogen) atoms. The molecule has 0 saturated carbocycles. The number of hydrogen-bond donors (Lipinski definition) is 2. The Balaban J connectivity index is 2.17. The van der Waals surface area contributed by atoms with Gasteiger partial charge in [0.25, 0.3) is 0 Å². The Morgan fingerprint density at radius 2 is 1.84 bits per heavy atom. The summed E-state index contributed by atoms with van der Waals surface area (Å²) in [6.45, 7) is 2.30. The number of benzene rings is 2. The molecule has 2 N–H and O–H groups in total. The summed E-state index contributed by atoms with van der Waals surface area (Å²) in [5.41, 5.74) is 2.68. The van der Waals surface area contributed by atoms with Crippen molar-refractivity contribution < 1.29 is 5.11 Å². The molecule has 4 heteroatoms. The van der Waals surface area contributed by atoms with Gasteiger partial charge in [0.15, 0.2) is 0 Å². The smallest absolute Gasteiger partial charge is 0.0781 e. The van der Waals surface area contributed by atoms with Gasteiger partial charge in [-0.3, -0.25) is 0 Å². The lowest BCUT2D eigenvalue weighted by atomic mass is 10.1. The van der Waals surface area contributed by atoms with Crippen LogP contribution in [0.5, 0.6) is 0 Å². The van der Waals surface area contributed by atoms with Crippen LogP contribution in [0.15, 0.2) is 42.5 Å². The highest BCUT2D eigenvalue weighted by Crippen LogP contribution is 2.27. The molecule has 0 spiro atoms. The Bertz CT molecular complexity index is 570. The van der Waals surface area contributed by atoms with Crippen molar-refractivity contribution in [3.63, 3.8) is 0 Å². The number of para-hydroxylation sites is 1. The standard InChI is InChI=1S/C15H15Cl2NO/c1-10(19)12-6-2-3-8-14(12)18-9-11-5-4-7-13(16)15(11)17/h2-8,10,18-19H,9H2,1H3. The van der Waals surface area contributed by atoms with E-state index < -0.39 is 6.10 Å². The minimum Gasteiger partial charge on any atom is -0.389 e. The third-order valence-electron chi connectivity index (χ3n) is 2.91. The summed E-state index contributed by atoms with van der Waals surface area (Å²) >= 11 is 12.1. The minimum atomic E-state index is -0.515. The SMILES string of the molecule is CC(O)c1ccccc1NCc1cccc(Cl)c1Cl. The third kappa shape index (κ3) is 3.41. The summed E-state index contributed by atoms with van der Waals surface area (Å²) in [5.74, 6) is 0. The fourth-order valence-electron chi connectivity index (χ4n) is 1.90. The van der Waals surface area contributed by atoms with Gasteiger partial charge in [0.2, 0.25) is 0 Å². The van der Waals surface area contributed by atoms with Crippen molar-refractivity contribution in [1.29, 1.82) is 0 Å². The van der Waals surface area contributed by atoms with Crippen molar-refractivity contribution in [2.75, 3.05) is 5.32 Å². The highest BCUT2D eigenvalue weighted by molar-refractivity contribution is 6.42. The number of halogens is 2. The highest BCUT2D eigenvalue weighted by atomic mass is 35.5. The normalized spacial score (nSPS) is 12.2. The first-order chi connectivity index (χ1) is 9.09. The molecule has 0 fully saturated rings. The second-order valence-electron chi connectivity index (χ2n) is 4.33. The number of aliphatic hydroxyl groups is 1. The highest BCUT2D eigenvalue weighted by Gasteiger charge is 2.08. The Morgan fingerprint density at radius 1 is 1.11 bits per heavy atom. The molecule has 0 radical (unpaired) electrons. The number of aliphatic hydroxyl groups excluding tert-OH is 1. The fourth-order valence-corrected chi connectivity index (χ4v) is 2.28. The van der Waals surface area contributed by atoms with Crippen LogP contribution in [-0.4, -0.2) is 5.11 Å². The van der Waals surface area contributed by atoms with Gasteiger partial charge in [-0.25, -0.2) is 0 Å². The molecule has 0 aromatic heterocycles. The molecule has 0 amide bonds. The van der Waals surface area contributed by atoms with E-state index >= 15 is 0 Å². The predicted molar refractivity (Wildman–Crippen MR) is 80.9 cm³/mol. The van der Waals surface area contributed by atoms with Gasteiger partial charge in [-0.1, -0.05) is 53.5 Å². The Labute approximate surface area is 123 Å². The van der Waals surface area contributed by atoms with E-state index in [-0.39, 0.29) is 0 Å². The molecule has 100 valence electrons. The number of rotatable bonds is 4. The van der Waals surface area contributed by atoms with Crippen molar-refractivity contribution in [2.24, 2.45) is 0 Å². The minimum absolute atomic E-state index is 0.515. The van der Waals surface area contributed by atoms with Crippen molar-refractivity contribution in [3.05, 3.63) is 63.6 Å². The van der Waals surface area contributed by atoms with Crippen LogP contribution >= 0.6 is 23.2 Å². The number of hydrogen-bond acceptors (Lipinski definition) is 2. The van der Waals surface area contributed by atoms with Crippen molar-refractivity contribution in [2.45, 2.75) is 19.6 Å². The summed E-state index contributed by atoms with van der Waals surface area (Å²) in [4.78, 5) is 0. The molecule has 0 heterocycles. The molecule has 2 rings (SSSR count). The zero-order valence-corrected chi connectivity index (χ0v) is 12.0. The van der Waals surface area contributed by atoms with E-state index in [4.69, 9.17) is 23.2 Å². The topological polar surface area (TPSA) is 32.3 Å². The molecule has 0 aliphatic heterocycles. The summed E-state index contributed by atoms with van der Waals surface area (Å²) in [6, 6.07) is 13.2. The van der Waals surface area contributed by atoms with Gasteiger partial charge >= 0.3 is 0 Å². The Hall–Kier alpha value is -1.22. The summed E-state index contributed by atoms with van der Waals surface area (Å²) in [5, 5.41) is 14.1. The quantitative estimate of drug-likeness (QED) is 0.860. The van der Waals surface area contributed by atoms with Crippen LogP contribution in [0, 0.1) is 0 Å². The monoisotopic (exact) mass is 295 g/mol. The second kappa shape index (κ2) is 6.29. The lowest BCUT2D eigenvalue weighted by Crippen LogP contribution is -2.04. The molecule has 0 aliphatic rings. The predicted octanol–water partition coefficient (Wildman–Crippen LogP) is 4.66. The van der Waals surface area contributed by atoms with Gasteiger partial charge < -0.3 is 10.4 Å². The van der Waals surface area contributed by atoms with E-state index in [2.05, 4.69) is 5.32 Å². The van der Waals surface area contributed by atoms with E-state index in [1.165, 1.54) is 0 Å². The molecule has 0 bridgehead atoms. The summed E-state index contributed by atoms with van der Waals surface area (Å²) in [6.07, 6.45) is -0.515. The van der Waals surface area contributed by atoms with Gasteiger partial charge in [0.1, 0.15) is 0 Å². The number of nitrogens with one attached hydrogen (secondary N) is 1. The van der Waals surface area contributed by atoms with Crippen LogP contribution in [-0.2, 0) is 6.54 Å². The zero-order chi connectivity index (χ0) is 13.8. The average Bonchev–Trinajstić information content (AvgIpc) is 2.40. The largest absolute Gasteiger partial charge is 0.389 e. The van der Waals surface area contributed by atoms with E-state index in [0.717, 1.165) is 16.8 Å². The second-order valence-corrected chi connectivity index (χ2v) is 5.11. The van der Waals surface area contributed by atoms with Crippen LogP contribution < -0.4 is 5.32 Å². The molecule has 1 atom stereocenters. The fraction of sp³-hybridized carbons (Fsp3) is 0.200. The van der Waals surface area contributed by atoms with Crippen LogP contribution in [0.4, 0.5) is 5.69 Å². The van der Waals surface area contributed by atoms with Gasteiger partial charge in [0, 0.05) is 17.8 Å². The van der Waals surface area contributed by atoms with Gasteiger partial charge in [-0.15, -0.1) is 0 Å². The Morgan fingerprint density at radius 3 is 2.58 bits per heavy atom. The van der Waals surface area contributed by atoms with Crippen LogP contribution in [0.2, 0.25) is 10.0 Å². The molecule has 2 aromatic rings. The molecular weight excluding hydrogens is 281 g/mol. The maximum atomic E-state index is 9.71. The third-order valence-corrected chi connectivity index (χ3v) is 3.77. The van der Waals surface area contributed by atoms with E-state index in [0.29, 0.717) is 16.6 Å². The lowest BCUT2D eigenvalue weighted by Gasteiger charge is -2.14. The first-order valence-corrected chi connectivity index (χ1v) is 6.79. The molecule has 0 aliphatic carbocycles. The van der Waals surface area contributed by atoms with Crippen LogP contribution in [0.1, 0.15) is 24.2 Å². The van der Waals surface area contributed by atoms with Gasteiger partial charge in [0.05, 0.1) is 16.1 Å². The van der Waals surface area contributed by atoms with E-state index in [9.17, 15) is 5.11 Å². The zero-order valence-electron chi connectivity index (χ0n) is 10.5. The summed E-state index contributed by atoms with van der Waals surface area (Å²) in [7, 11) is 0. The maximum Gasteiger partial charge on any atom is 0.0781 e. The van der Waals surface area contributed by atoms with Crippen molar-refractivity contribution >= 4 is 28.9 Å². The van der Waals surface area contributed by atoms with Crippen molar-refractivity contribution in [3.8, 4) is 0 Å². The van der Waals surface area contributed by atoms with Gasteiger partial charge in [-0.05, 0) is 24.6 Å². The first-order valence-electron chi connectivity index (χ1n) is 6.03. The van der Waals surface area contributed by atoms with E-state index in [1.54, 1.807) is 13.0 Å². The maximum absolute atomic E-state index is 9.71. The first kappa shape index (κ1) is 14.2. The molecular formula is C15H15Cl2NO. The molecule has 0 saturated heterocycles. The van der Waals surface area contributed by atoms with Crippen LogP contribution in [0.25, 0.3) is 0 Å². The van der Waals surface area contributed by atoms with Crippen molar-refractivity contribution in [1.82, 2.24) is 0 Å². The number of anilines is 1. The van der Waals surface area contributed by atoms with E-state index in [1.807, 2.05) is 36.4 Å². The lowest BCUT2D eigenvalue weighted by molar-refractivity contribution is 0.200.